The van der Waals surface area contributed by atoms with Crippen LogP contribution in [-0.2, 0) is 9.59 Å². The van der Waals surface area contributed by atoms with Gasteiger partial charge in [0.05, 0.1) is 6.54 Å². The van der Waals surface area contributed by atoms with Crippen molar-refractivity contribution in [1.82, 2.24) is 10.2 Å². The Labute approximate surface area is 127 Å². The number of aliphatic carboxylic acids is 1. The van der Waals surface area contributed by atoms with Gasteiger partial charge in [0.1, 0.15) is 6.04 Å². The summed E-state index contributed by atoms with van der Waals surface area (Å²) in [6.45, 7) is 6.31. The van der Waals surface area contributed by atoms with Crippen LogP contribution in [0.15, 0.2) is 0 Å². The van der Waals surface area contributed by atoms with Gasteiger partial charge >= 0.3 is 5.97 Å². The SMILES string of the molecule is CC1CCCC(NC(=O)CN(C2CC2)C(C)C(=O)O)C1C. The summed E-state index contributed by atoms with van der Waals surface area (Å²) >= 11 is 0. The Morgan fingerprint density at radius 2 is 1.90 bits per heavy atom. The van der Waals surface area contributed by atoms with Crippen molar-refractivity contribution >= 4 is 11.9 Å². The Bertz CT molecular complexity index is 395. The standard InChI is InChI=1S/C16H28N2O3/c1-10-5-4-6-14(11(10)2)17-15(19)9-18(13-7-8-13)12(3)16(20)21/h10-14H,4-9H2,1-3H3,(H,17,19)(H,20,21). The van der Waals surface area contributed by atoms with E-state index in [-0.39, 0.29) is 24.5 Å². The second kappa shape index (κ2) is 6.77. The van der Waals surface area contributed by atoms with E-state index in [0.717, 1.165) is 25.7 Å². The first kappa shape index (κ1) is 16.3. The molecule has 0 aromatic rings. The Hall–Kier alpha value is -1.10. The number of carbonyl (C=O) groups excluding carboxylic acids is 1. The number of nitrogens with one attached hydrogen (secondary N) is 1. The van der Waals surface area contributed by atoms with Crippen molar-refractivity contribution in [3.05, 3.63) is 0 Å². The van der Waals surface area contributed by atoms with Crippen molar-refractivity contribution in [2.75, 3.05) is 6.54 Å². The van der Waals surface area contributed by atoms with Gasteiger partial charge in [-0.3, -0.25) is 14.5 Å². The molecule has 4 unspecified atom stereocenters. The largest absolute Gasteiger partial charge is 0.480 e. The molecule has 2 aliphatic carbocycles. The zero-order chi connectivity index (χ0) is 15.6. The van der Waals surface area contributed by atoms with E-state index in [9.17, 15) is 9.59 Å². The maximum atomic E-state index is 12.3. The zero-order valence-electron chi connectivity index (χ0n) is 13.3. The summed E-state index contributed by atoms with van der Waals surface area (Å²) in [4.78, 5) is 25.3. The molecular formula is C16H28N2O3. The molecule has 2 N–H and O–H groups in total. The van der Waals surface area contributed by atoms with Crippen LogP contribution in [0.4, 0.5) is 0 Å². The Balaban J connectivity index is 1.88. The van der Waals surface area contributed by atoms with Gasteiger partial charge in [-0.05, 0) is 38.0 Å². The summed E-state index contributed by atoms with van der Waals surface area (Å²) in [6.07, 6.45) is 5.44. The molecule has 0 heterocycles. The molecule has 5 heteroatoms. The van der Waals surface area contributed by atoms with Crippen molar-refractivity contribution in [2.45, 2.75) is 71.0 Å². The normalized spacial score (nSPS) is 31.0. The molecule has 0 aromatic heterocycles. The van der Waals surface area contributed by atoms with Crippen molar-refractivity contribution < 1.29 is 14.7 Å². The molecule has 21 heavy (non-hydrogen) atoms. The van der Waals surface area contributed by atoms with E-state index in [4.69, 9.17) is 5.11 Å². The van der Waals surface area contributed by atoms with E-state index in [1.54, 1.807) is 6.92 Å². The van der Waals surface area contributed by atoms with Crippen LogP contribution in [0.3, 0.4) is 0 Å². The highest BCUT2D eigenvalue weighted by Gasteiger charge is 2.37. The summed E-state index contributed by atoms with van der Waals surface area (Å²) in [5, 5.41) is 12.3. The molecule has 0 spiro atoms. The van der Waals surface area contributed by atoms with E-state index in [2.05, 4.69) is 19.2 Å². The lowest BCUT2D eigenvalue weighted by Gasteiger charge is -2.35. The third-order valence-corrected chi connectivity index (χ3v) is 5.25. The number of rotatable bonds is 6. The van der Waals surface area contributed by atoms with Crippen LogP contribution >= 0.6 is 0 Å². The summed E-state index contributed by atoms with van der Waals surface area (Å²) in [6, 6.07) is -0.0852. The molecule has 0 radical (unpaired) electrons. The molecule has 0 saturated heterocycles. The first-order chi connectivity index (χ1) is 9.90. The van der Waals surface area contributed by atoms with Crippen LogP contribution in [0.25, 0.3) is 0 Å². The van der Waals surface area contributed by atoms with E-state index in [1.807, 2.05) is 4.90 Å². The topological polar surface area (TPSA) is 69.6 Å². The van der Waals surface area contributed by atoms with Gasteiger partial charge in [0.2, 0.25) is 5.91 Å². The van der Waals surface area contributed by atoms with E-state index in [0.29, 0.717) is 11.8 Å². The molecule has 2 saturated carbocycles. The van der Waals surface area contributed by atoms with Gasteiger partial charge in [0, 0.05) is 12.1 Å². The van der Waals surface area contributed by atoms with Gasteiger partial charge in [-0.1, -0.05) is 26.7 Å². The fourth-order valence-electron chi connectivity index (χ4n) is 3.33. The number of nitrogens with zero attached hydrogens (tertiary/aromatic N) is 1. The molecule has 0 aliphatic heterocycles. The molecule has 4 atom stereocenters. The molecule has 2 fully saturated rings. The monoisotopic (exact) mass is 296 g/mol. The van der Waals surface area contributed by atoms with Gasteiger partial charge in [-0.15, -0.1) is 0 Å². The maximum absolute atomic E-state index is 12.3. The highest BCUT2D eigenvalue weighted by molar-refractivity contribution is 5.80. The number of amides is 1. The lowest BCUT2D eigenvalue weighted by atomic mass is 9.78. The van der Waals surface area contributed by atoms with Crippen LogP contribution in [0.5, 0.6) is 0 Å². The highest BCUT2D eigenvalue weighted by atomic mass is 16.4. The number of carbonyl (C=O) groups is 2. The molecule has 2 rings (SSSR count). The molecule has 2 aliphatic rings. The van der Waals surface area contributed by atoms with E-state index in [1.165, 1.54) is 6.42 Å². The lowest BCUT2D eigenvalue weighted by molar-refractivity contribution is -0.143. The minimum Gasteiger partial charge on any atom is -0.480 e. The first-order valence-electron chi connectivity index (χ1n) is 8.18. The van der Waals surface area contributed by atoms with Gasteiger partial charge in [0.15, 0.2) is 0 Å². The zero-order valence-corrected chi connectivity index (χ0v) is 13.3. The molecule has 5 nitrogen and oxygen atoms in total. The average Bonchev–Trinajstić information content (AvgIpc) is 3.25. The predicted octanol–water partition coefficient (Wildman–Crippen LogP) is 1.86. The van der Waals surface area contributed by atoms with Crippen molar-refractivity contribution in [3.63, 3.8) is 0 Å². The maximum Gasteiger partial charge on any atom is 0.320 e. The minimum atomic E-state index is -0.852. The molecule has 120 valence electrons. The van der Waals surface area contributed by atoms with Gasteiger partial charge in [0.25, 0.3) is 0 Å². The minimum absolute atomic E-state index is 0.0269. The molecule has 0 aromatic carbocycles. The van der Waals surface area contributed by atoms with Crippen molar-refractivity contribution in [2.24, 2.45) is 11.8 Å². The van der Waals surface area contributed by atoms with Crippen LogP contribution in [0, 0.1) is 11.8 Å². The average molecular weight is 296 g/mol. The van der Waals surface area contributed by atoms with Crippen LogP contribution in [-0.4, -0.2) is 46.6 Å². The van der Waals surface area contributed by atoms with Gasteiger partial charge in [-0.25, -0.2) is 0 Å². The third kappa shape index (κ3) is 4.19. The van der Waals surface area contributed by atoms with Crippen LogP contribution in [0.2, 0.25) is 0 Å². The summed E-state index contributed by atoms with van der Waals surface area (Å²) in [7, 11) is 0. The van der Waals surface area contributed by atoms with E-state index >= 15 is 0 Å². The Morgan fingerprint density at radius 1 is 1.24 bits per heavy atom. The van der Waals surface area contributed by atoms with Crippen molar-refractivity contribution in [1.29, 1.82) is 0 Å². The summed E-state index contributed by atoms with van der Waals surface area (Å²) in [5.74, 6) is 0.255. The fraction of sp³-hybridized carbons (Fsp3) is 0.875. The third-order valence-electron chi connectivity index (χ3n) is 5.25. The summed E-state index contributed by atoms with van der Waals surface area (Å²) in [5.41, 5.74) is 0. The Kier molecular flexibility index (Phi) is 5.25. The second-order valence-electron chi connectivity index (χ2n) is 6.86. The smallest absolute Gasteiger partial charge is 0.320 e. The Morgan fingerprint density at radius 3 is 2.48 bits per heavy atom. The highest BCUT2D eigenvalue weighted by Crippen LogP contribution is 2.30. The van der Waals surface area contributed by atoms with Crippen LogP contribution < -0.4 is 5.32 Å². The number of hydrogen-bond donors (Lipinski definition) is 2. The quantitative estimate of drug-likeness (QED) is 0.785. The molecular weight excluding hydrogens is 268 g/mol. The van der Waals surface area contributed by atoms with Crippen LogP contribution in [0.1, 0.15) is 52.9 Å². The predicted molar refractivity (Wildman–Crippen MR) is 80.9 cm³/mol. The number of hydrogen-bond acceptors (Lipinski definition) is 3. The number of carboxylic acid groups (broad SMARTS) is 1. The summed E-state index contributed by atoms with van der Waals surface area (Å²) < 4.78 is 0. The van der Waals surface area contributed by atoms with E-state index < -0.39 is 12.0 Å². The first-order valence-corrected chi connectivity index (χ1v) is 8.18. The number of carboxylic acids is 1. The second-order valence-corrected chi connectivity index (χ2v) is 6.86. The van der Waals surface area contributed by atoms with Gasteiger partial charge < -0.3 is 10.4 Å². The molecule has 0 bridgehead atoms. The van der Waals surface area contributed by atoms with Gasteiger partial charge in [-0.2, -0.15) is 0 Å². The molecule has 1 amide bonds. The lowest BCUT2D eigenvalue weighted by Crippen LogP contribution is -2.50. The fourth-order valence-corrected chi connectivity index (χ4v) is 3.33. The van der Waals surface area contributed by atoms with Crippen molar-refractivity contribution in [3.8, 4) is 0 Å².